The highest BCUT2D eigenvalue weighted by molar-refractivity contribution is 5.73. The van der Waals surface area contributed by atoms with Crippen molar-refractivity contribution >= 4 is 17.7 Å². The van der Waals surface area contributed by atoms with Crippen LogP contribution in [-0.4, -0.2) is 47.0 Å². The van der Waals surface area contributed by atoms with Gasteiger partial charge in [0.1, 0.15) is 5.82 Å². The number of rotatable bonds is 4. The third kappa shape index (κ3) is 3.97. The molecule has 0 spiro atoms. The number of hydrogen-bond donors (Lipinski definition) is 1. The van der Waals surface area contributed by atoms with Gasteiger partial charge < -0.3 is 15.1 Å². The zero-order chi connectivity index (χ0) is 16.1. The van der Waals surface area contributed by atoms with Gasteiger partial charge in [0.15, 0.2) is 0 Å². The molecule has 0 atom stereocenters. The Kier molecular flexibility index (Phi) is 4.71. The van der Waals surface area contributed by atoms with Gasteiger partial charge in [-0.2, -0.15) is 4.98 Å². The van der Waals surface area contributed by atoms with E-state index in [1.54, 1.807) is 13.1 Å². The zero-order valence-corrected chi connectivity index (χ0v) is 13.3. The van der Waals surface area contributed by atoms with Gasteiger partial charge in [-0.25, -0.2) is 4.98 Å². The van der Waals surface area contributed by atoms with Crippen LogP contribution in [0.15, 0.2) is 42.6 Å². The molecule has 1 aromatic heterocycles. The number of nitrogens with one attached hydrogen (secondary N) is 1. The average molecular weight is 311 g/mol. The first-order valence-electron chi connectivity index (χ1n) is 7.84. The van der Waals surface area contributed by atoms with Gasteiger partial charge in [0.25, 0.3) is 0 Å². The molecule has 0 aliphatic carbocycles. The van der Waals surface area contributed by atoms with Crippen molar-refractivity contribution in [1.29, 1.82) is 0 Å². The van der Waals surface area contributed by atoms with E-state index in [0.29, 0.717) is 12.5 Å². The molecule has 0 unspecified atom stereocenters. The molecule has 1 aromatic carbocycles. The molecule has 0 bridgehead atoms. The fourth-order valence-electron chi connectivity index (χ4n) is 2.64. The zero-order valence-electron chi connectivity index (χ0n) is 13.3. The van der Waals surface area contributed by atoms with Crippen LogP contribution in [0.3, 0.4) is 0 Å². The molecular formula is C17H21N5O. The molecule has 1 N–H and O–H groups in total. The summed E-state index contributed by atoms with van der Waals surface area (Å²) in [5.74, 6) is 1.66. The number of anilines is 2. The second kappa shape index (κ2) is 7.09. The van der Waals surface area contributed by atoms with Crippen LogP contribution in [-0.2, 0) is 11.3 Å². The number of hydrogen-bond acceptors (Lipinski definition) is 5. The van der Waals surface area contributed by atoms with Gasteiger partial charge in [-0.05, 0) is 11.6 Å². The molecule has 120 valence electrons. The number of piperazine rings is 1. The molecule has 2 heterocycles. The molecule has 1 aliphatic rings. The molecule has 3 rings (SSSR count). The lowest BCUT2D eigenvalue weighted by Gasteiger charge is -2.34. The van der Waals surface area contributed by atoms with Crippen molar-refractivity contribution < 1.29 is 4.79 Å². The molecule has 1 aliphatic heterocycles. The molecule has 0 saturated carbocycles. The molecule has 23 heavy (non-hydrogen) atoms. The highest BCUT2D eigenvalue weighted by Crippen LogP contribution is 2.15. The van der Waals surface area contributed by atoms with Crippen molar-refractivity contribution in [3.8, 4) is 0 Å². The summed E-state index contributed by atoms with van der Waals surface area (Å²) in [6, 6.07) is 12.1. The van der Waals surface area contributed by atoms with Gasteiger partial charge >= 0.3 is 0 Å². The molecule has 1 fully saturated rings. The van der Waals surface area contributed by atoms with E-state index in [-0.39, 0.29) is 5.91 Å². The van der Waals surface area contributed by atoms with Crippen LogP contribution in [0, 0.1) is 0 Å². The summed E-state index contributed by atoms with van der Waals surface area (Å²) < 4.78 is 0. The standard InChI is InChI=1S/C17H21N5O/c1-14(23)21-9-11-22(12-10-21)16-7-8-18-17(20-16)19-13-15-5-3-2-4-6-15/h2-8H,9-13H2,1H3,(H,18,19,20). The van der Waals surface area contributed by atoms with Crippen molar-refractivity contribution in [3.63, 3.8) is 0 Å². The first-order chi connectivity index (χ1) is 11.2. The number of carbonyl (C=O) groups is 1. The maximum atomic E-state index is 11.4. The summed E-state index contributed by atoms with van der Waals surface area (Å²) >= 11 is 0. The number of nitrogens with zero attached hydrogens (tertiary/aromatic N) is 4. The van der Waals surface area contributed by atoms with Crippen molar-refractivity contribution in [2.45, 2.75) is 13.5 Å². The van der Waals surface area contributed by atoms with E-state index in [1.165, 1.54) is 5.56 Å². The lowest BCUT2D eigenvalue weighted by Crippen LogP contribution is -2.48. The Morgan fingerprint density at radius 2 is 1.87 bits per heavy atom. The van der Waals surface area contributed by atoms with Gasteiger partial charge in [-0.3, -0.25) is 4.79 Å². The lowest BCUT2D eigenvalue weighted by molar-refractivity contribution is -0.129. The van der Waals surface area contributed by atoms with Crippen LogP contribution < -0.4 is 10.2 Å². The molecule has 2 aromatic rings. The maximum absolute atomic E-state index is 11.4. The largest absolute Gasteiger partial charge is 0.353 e. The van der Waals surface area contributed by atoms with Crippen molar-refractivity contribution in [1.82, 2.24) is 14.9 Å². The Labute approximate surface area is 136 Å². The van der Waals surface area contributed by atoms with Crippen molar-refractivity contribution in [3.05, 3.63) is 48.2 Å². The Morgan fingerprint density at radius 1 is 1.13 bits per heavy atom. The number of aromatic nitrogens is 2. The average Bonchev–Trinajstić information content (AvgIpc) is 2.61. The number of benzene rings is 1. The molecule has 1 saturated heterocycles. The summed E-state index contributed by atoms with van der Waals surface area (Å²) in [6.07, 6.45) is 1.77. The summed E-state index contributed by atoms with van der Waals surface area (Å²) in [5.41, 5.74) is 1.19. The van der Waals surface area contributed by atoms with Crippen LogP contribution in [0.2, 0.25) is 0 Å². The number of carbonyl (C=O) groups excluding carboxylic acids is 1. The monoisotopic (exact) mass is 311 g/mol. The minimum Gasteiger partial charge on any atom is -0.353 e. The van der Waals surface area contributed by atoms with E-state index < -0.39 is 0 Å². The quantitative estimate of drug-likeness (QED) is 0.932. The van der Waals surface area contributed by atoms with E-state index in [9.17, 15) is 4.79 Å². The van der Waals surface area contributed by atoms with Gasteiger partial charge in [-0.15, -0.1) is 0 Å². The normalized spacial score (nSPS) is 14.7. The third-order valence-corrected chi connectivity index (χ3v) is 3.98. The van der Waals surface area contributed by atoms with Crippen molar-refractivity contribution in [2.75, 3.05) is 36.4 Å². The Bertz CT molecular complexity index is 653. The highest BCUT2D eigenvalue weighted by Gasteiger charge is 2.19. The van der Waals surface area contributed by atoms with E-state index in [0.717, 1.165) is 32.0 Å². The lowest BCUT2D eigenvalue weighted by atomic mass is 10.2. The van der Waals surface area contributed by atoms with Crippen LogP contribution in [0.5, 0.6) is 0 Å². The van der Waals surface area contributed by atoms with E-state index in [1.807, 2.05) is 29.2 Å². The number of amides is 1. The van der Waals surface area contributed by atoms with Crippen LogP contribution in [0.1, 0.15) is 12.5 Å². The first kappa shape index (κ1) is 15.3. The van der Waals surface area contributed by atoms with E-state index >= 15 is 0 Å². The van der Waals surface area contributed by atoms with Gasteiger partial charge in [0.2, 0.25) is 11.9 Å². The van der Waals surface area contributed by atoms with Gasteiger partial charge in [0, 0.05) is 45.8 Å². The Balaban J connectivity index is 1.60. The first-order valence-corrected chi connectivity index (χ1v) is 7.84. The fraction of sp³-hybridized carbons (Fsp3) is 0.353. The summed E-state index contributed by atoms with van der Waals surface area (Å²) in [4.78, 5) is 24.3. The Morgan fingerprint density at radius 3 is 2.57 bits per heavy atom. The molecule has 6 heteroatoms. The van der Waals surface area contributed by atoms with Crippen LogP contribution in [0.4, 0.5) is 11.8 Å². The van der Waals surface area contributed by atoms with Crippen molar-refractivity contribution in [2.24, 2.45) is 0 Å². The van der Waals surface area contributed by atoms with Crippen LogP contribution in [0.25, 0.3) is 0 Å². The molecule has 1 amide bonds. The summed E-state index contributed by atoms with van der Waals surface area (Å²) in [5, 5.41) is 3.25. The predicted octanol–water partition coefficient (Wildman–Crippen LogP) is 1.76. The summed E-state index contributed by atoms with van der Waals surface area (Å²) in [7, 11) is 0. The minimum absolute atomic E-state index is 0.137. The van der Waals surface area contributed by atoms with E-state index in [2.05, 4.69) is 32.3 Å². The van der Waals surface area contributed by atoms with Crippen LogP contribution >= 0.6 is 0 Å². The fourth-order valence-corrected chi connectivity index (χ4v) is 2.64. The van der Waals surface area contributed by atoms with Gasteiger partial charge in [0.05, 0.1) is 0 Å². The maximum Gasteiger partial charge on any atom is 0.224 e. The smallest absolute Gasteiger partial charge is 0.224 e. The summed E-state index contributed by atoms with van der Waals surface area (Å²) in [6.45, 7) is 5.40. The second-order valence-electron chi connectivity index (χ2n) is 5.57. The third-order valence-electron chi connectivity index (χ3n) is 3.98. The SMILES string of the molecule is CC(=O)N1CCN(c2ccnc(NCc3ccccc3)n2)CC1. The van der Waals surface area contributed by atoms with Gasteiger partial charge in [-0.1, -0.05) is 30.3 Å². The molecule has 0 radical (unpaired) electrons. The predicted molar refractivity (Wildman–Crippen MR) is 90.3 cm³/mol. The Hall–Kier alpha value is -2.63. The highest BCUT2D eigenvalue weighted by atomic mass is 16.2. The topological polar surface area (TPSA) is 61.4 Å². The second-order valence-corrected chi connectivity index (χ2v) is 5.57. The minimum atomic E-state index is 0.137. The molecule has 6 nitrogen and oxygen atoms in total. The molecular weight excluding hydrogens is 290 g/mol. The van der Waals surface area contributed by atoms with E-state index in [4.69, 9.17) is 0 Å².